The van der Waals surface area contributed by atoms with Gasteiger partial charge in [-0.1, -0.05) is 12.1 Å². The fourth-order valence-electron chi connectivity index (χ4n) is 3.88. The average molecular weight is 349 g/mol. The van der Waals surface area contributed by atoms with Gasteiger partial charge in [-0.25, -0.2) is 0 Å². The van der Waals surface area contributed by atoms with Gasteiger partial charge in [-0.15, -0.1) is 0 Å². The first-order chi connectivity index (χ1) is 11.6. The van der Waals surface area contributed by atoms with Gasteiger partial charge in [0.2, 0.25) is 0 Å². The van der Waals surface area contributed by atoms with Gasteiger partial charge in [0.15, 0.2) is 0 Å². The number of aryl methyl sites for hydroxylation is 1. The van der Waals surface area contributed by atoms with Crippen LogP contribution in [-0.4, -0.2) is 80.6 Å². The largest absolute Gasteiger partial charge is 0.496 e. The van der Waals surface area contributed by atoms with Gasteiger partial charge in [-0.05, 0) is 58.5 Å². The van der Waals surface area contributed by atoms with E-state index in [9.17, 15) is 0 Å². The van der Waals surface area contributed by atoms with Crippen molar-refractivity contribution >= 4 is 13.4 Å². The summed E-state index contributed by atoms with van der Waals surface area (Å²) in [6, 6.07) is 7.53. The van der Waals surface area contributed by atoms with Gasteiger partial charge in [0.25, 0.3) is 0 Å². The highest BCUT2D eigenvalue weighted by molar-refractivity contribution is 7.62. The molecule has 2 aliphatic rings. The van der Waals surface area contributed by atoms with Crippen LogP contribution in [0.2, 0.25) is 0 Å². The molecule has 0 saturated carbocycles. The Bertz CT molecular complexity index is 537. The highest BCUT2D eigenvalue weighted by Gasteiger charge is 2.28. The van der Waals surface area contributed by atoms with E-state index in [0.29, 0.717) is 0 Å². The Hall–Kier alpha value is -0.670. The molecule has 1 atom stereocenters. The van der Waals surface area contributed by atoms with E-state index in [0.717, 1.165) is 11.8 Å². The first-order valence-electron chi connectivity index (χ1n) is 9.14. The van der Waals surface area contributed by atoms with Crippen LogP contribution in [0.4, 0.5) is 0 Å². The Morgan fingerprint density at radius 3 is 2.33 bits per heavy atom. The fourth-order valence-corrected chi connectivity index (χ4v) is 5.63. The van der Waals surface area contributed by atoms with E-state index >= 15 is 0 Å². The molecular weight excluding hydrogens is 317 g/mol. The highest BCUT2D eigenvalue weighted by Crippen LogP contribution is 2.39. The lowest BCUT2D eigenvalue weighted by atomic mass is 10.0. The number of likely N-dealkylation sites (N-methyl/N-ethyl adjacent to an activating group) is 1. The van der Waals surface area contributed by atoms with Crippen molar-refractivity contribution in [1.29, 1.82) is 0 Å². The molecule has 0 bridgehead atoms. The Morgan fingerprint density at radius 1 is 1.04 bits per heavy atom. The van der Waals surface area contributed by atoms with E-state index in [-0.39, 0.29) is 8.07 Å². The fraction of sp³-hybridized carbons (Fsp3) is 0.684. The van der Waals surface area contributed by atoms with Crippen LogP contribution in [-0.2, 0) is 0 Å². The van der Waals surface area contributed by atoms with Crippen molar-refractivity contribution in [3.05, 3.63) is 23.8 Å². The van der Waals surface area contributed by atoms with Gasteiger partial charge in [-0.3, -0.25) is 9.57 Å². The van der Waals surface area contributed by atoms with Gasteiger partial charge >= 0.3 is 0 Å². The van der Waals surface area contributed by atoms with Gasteiger partial charge in [0, 0.05) is 45.3 Å². The zero-order valence-electron chi connectivity index (χ0n) is 15.7. The van der Waals surface area contributed by atoms with Crippen LogP contribution in [0.3, 0.4) is 0 Å². The third-order valence-electron chi connectivity index (χ3n) is 5.68. The number of piperidine rings is 1. The summed E-state index contributed by atoms with van der Waals surface area (Å²) in [6.45, 7) is 11.9. The summed E-state index contributed by atoms with van der Waals surface area (Å²) in [5.41, 5.74) is 1.22. The Kier molecular flexibility index (Phi) is 6.15. The summed E-state index contributed by atoms with van der Waals surface area (Å²) >= 11 is 0. The van der Waals surface area contributed by atoms with Crippen LogP contribution in [0.25, 0.3) is 0 Å². The van der Waals surface area contributed by atoms with Gasteiger partial charge in [0.1, 0.15) is 5.75 Å². The van der Waals surface area contributed by atoms with E-state index in [2.05, 4.69) is 53.3 Å². The van der Waals surface area contributed by atoms with Gasteiger partial charge < -0.3 is 9.64 Å². The van der Waals surface area contributed by atoms with Crippen molar-refractivity contribution in [3.63, 3.8) is 0 Å². The minimum Gasteiger partial charge on any atom is -0.496 e. The van der Waals surface area contributed by atoms with Crippen LogP contribution in [0.1, 0.15) is 18.4 Å². The molecular formula is C19H32N3OP. The molecule has 0 aromatic heterocycles. The molecule has 134 valence electrons. The maximum atomic E-state index is 5.51. The zero-order valence-corrected chi connectivity index (χ0v) is 16.6. The third kappa shape index (κ3) is 4.11. The van der Waals surface area contributed by atoms with Crippen molar-refractivity contribution in [1.82, 2.24) is 14.5 Å². The van der Waals surface area contributed by atoms with Crippen LogP contribution < -0.4 is 10.0 Å². The Morgan fingerprint density at radius 2 is 1.71 bits per heavy atom. The summed E-state index contributed by atoms with van der Waals surface area (Å²) in [6.07, 6.45) is 2.64. The molecule has 3 rings (SSSR count). The second-order valence-corrected chi connectivity index (χ2v) is 9.33. The standard InChI is InChI=1S/C19H32N3OP/c1-16-5-6-18(15-19(16)23-3)24(4)22-9-7-17(8-10-22)21-13-11-20(2)12-14-21/h5-6,15,17H,7-14H2,1-4H3. The molecule has 2 fully saturated rings. The molecule has 1 aromatic rings. The van der Waals surface area contributed by atoms with Crippen molar-refractivity contribution in [2.45, 2.75) is 25.8 Å². The predicted molar refractivity (Wildman–Crippen MR) is 104 cm³/mol. The number of hydrogen-bond acceptors (Lipinski definition) is 4. The summed E-state index contributed by atoms with van der Waals surface area (Å²) in [5.74, 6) is 1.02. The Balaban J connectivity index is 1.56. The number of nitrogens with zero attached hydrogens (tertiary/aromatic N) is 3. The number of hydrogen-bond donors (Lipinski definition) is 0. The maximum absolute atomic E-state index is 5.51. The second kappa shape index (κ2) is 8.14. The number of piperazine rings is 1. The van der Waals surface area contributed by atoms with Crippen LogP contribution >= 0.6 is 8.07 Å². The van der Waals surface area contributed by atoms with Gasteiger partial charge in [-0.2, -0.15) is 0 Å². The van der Waals surface area contributed by atoms with Crippen molar-refractivity contribution in [3.8, 4) is 5.75 Å². The molecule has 1 unspecified atom stereocenters. The topological polar surface area (TPSA) is 19.0 Å². The van der Waals surface area contributed by atoms with Crippen molar-refractivity contribution in [2.75, 3.05) is 60.1 Å². The van der Waals surface area contributed by atoms with E-state index in [1.54, 1.807) is 7.11 Å². The van der Waals surface area contributed by atoms with E-state index in [1.807, 2.05) is 0 Å². The van der Waals surface area contributed by atoms with E-state index < -0.39 is 0 Å². The zero-order chi connectivity index (χ0) is 17.1. The van der Waals surface area contributed by atoms with Crippen molar-refractivity contribution < 1.29 is 4.74 Å². The summed E-state index contributed by atoms with van der Waals surface area (Å²) < 4.78 is 8.21. The molecule has 0 N–H and O–H groups in total. The second-order valence-electron chi connectivity index (χ2n) is 7.20. The lowest BCUT2D eigenvalue weighted by Crippen LogP contribution is -2.51. The molecule has 0 radical (unpaired) electrons. The Labute approximate surface area is 148 Å². The normalized spacial score (nSPS) is 23.3. The minimum absolute atomic E-state index is 0.245. The van der Waals surface area contributed by atoms with Gasteiger partial charge in [0.05, 0.1) is 7.11 Å². The molecule has 2 saturated heterocycles. The molecule has 0 spiro atoms. The number of methoxy groups -OCH3 is 1. The molecule has 4 nitrogen and oxygen atoms in total. The lowest BCUT2D eigenvalue weighted by molar-refractivity contribution is 0.0845. The van der Waals surface area contributed by atoms with Crippen molar-refractivity contribution in [2.24, 2.45) is 0 Å². The number of ether oxygens (including phenoxy) is 1. The molecule has 0 amide bonds. The molecule has 1 aromatic carbocycles. The first kappa shape index (κ1) is 18.1. The molecule has 2 heterocycles. The summed E-state index contributed by atoms with van der Waals surface area (Å²) in [7, 11) is 3.76. The molecule has 2 aliphatic heterocycles. The number of rotatable bonds is 4. The third-order valence-corrected chi connectivity index (χ3v) is 7.96. The monoisotopic (exact) mass is 349 g/mol. The van der Waals surface area contributed by atoms with E-state index in [1.165, 1.54) is 63.0 Å². The average Bonchev–Trinajstić information content (AvgIpc) is 2.62. The van der Waals surface area contributed by atoms with E-state index in [4.69, 9.17) is 4.74 Å². The lowest BCUT2D eigenvalue weighted by Gasteiger charge is -2.43. The number of benzene rings is 1. The summed E-state index contributed by atoms with van der Waals surface area (Å²) in [4.78, 5) is 5.17. The molecule has 24 heavy (non-hydrogen) atoms. The predicted octanol–water partition coefficient (Wildman–Crippen LogP) is 2.37. The minimum atomic E-state index is -0.245. The highest BCUT2D eigenvalue weighted by atomic mass is 31.1. The molecule has 0 aliphatic carbocycles. The maximum Gasteiger partial charge on any atom is 0.122 e. The van der Waals surface area contributed by atoms with Crippen LogP contribution in [0, 0.1) is 6.92 Å². The molecule has 5 heteroatoms. The first-order valence-corrected chi connectivity index (χ1v) is 10.9. The summed E-state index contributed by atoms with van der Waals surface area (Å²) in [5, 5.41) is 1.44. The smallest absolute Gasteiger partial charge is 0.122 e. The SMILES string of the molecule is COc1cc(P(C)N2CCC(N3CCN(C)CC3)CC2)ccc1C. The van der Waals surface area contributed by atoms with Crippen LogP contribution in [0.15, 0.2) is 18.2 Å². The van der Waals surface area contributed by atoms with Crippen LogP contribution in [0.5, 0.6) is 5.75 Å². The quantitative estimate of drug-likeness (QED) is 0.777.